The molecule has 0 radical (unpaired) electrons. The van der Waals surface area contributed by atoms with E-state index < -0.39 is 0 Å². The predicted octanol–water partition coefficient (Wildman–Crippen LogP) is 3.40. The maximum atomic E-state index is 7.68. The number of hydrogen-bond acceptors (Lipinski definition) is 3. The van der Waals surface area contributed by atoms with Crippen LogP contribution in [-0.2, 0) is 6.42 Å². The van der Waals surface area contributed by atoms with Crippen LogP contribution in [0.15, 0.2) is 48.5 Å². The number of benzene rings is 2. The second kappa shape index (κ2) is 7.52. The van der Waals surface area contributed by atoms with E-state index in [1.165, 1.54) is 11.3 Å². The Kier molecular flexibility index (Phi) is 4.76. The number of hydrogen-bond donors (Lipinski definition) is 2. The largest absolute Gasteiger partial charge is 0.383 e. The zero-order valence-corrected chi connectivity index (χ0v) is 13.4. The summed E-state index contributed by atoms with van der Waals surface area (Å²) in [4.78, 5) is 2.35. The van der Waals surface area contributed by atoms with Gasteiger partial charge in [-0.15, -0.1) is 0 Å². The molecule has 1 aliphatic rings. The lowest BCUT2D eigenvalue weighted by Crippen LogP contribution is -2.43. The summed E-state index contributed by atoms with van der Waals surface area (Å²) in [6.45, 7) is 4.21. The molecule has 0 bridgehead atoms. The van der Waals surface area contributed by atoms with Gasteiger partial charge in [-0.1, -0.05) is 41.9 Å². The highest BCUT2D eigenvalue weighted by Gasteiger charge is 2.13. The summed E-state index contributed by atoms with van der Waals surface area (Å²) in [7, 11) is 0. The third kappa shape index (κ3) is 3.73. The Morgan fingerprint density at radius 1 is 1.09 bits per heavy atom. The van der Waals surface area contributed by atoms with Crippen molar-refractivity contribution in [2.75, 3.05) is 42.9 Å². The van der Waals surface area contributed by atoms with Crippen molar-refractivity contribution in [3.8, 4) is 0 Å². The molecular weight excluding hydrogens is 294 g/mol. The molecule has 2 aromatic carbocycles. The van der Waals surface area contributed by atoms with Gasteiger partial charge in [0.2, 0.25) is 0 Å². The van der Waals surface area contributed by atoms with Gasteiger partial charge in [-0.3, -0.25) is 0 Å². The Hall–Kier alpha value is -1.71. The summed E-state index contributed by atoms with van der Waals surface area (Å²) in [6.07, 6.45) is 0.897. The van der Waals surface area contributed by atoms with Crippen LogP contribution >= 0.6 is 11.6 Å². The van der Waals surface area contributed by atoms with Crippen molar-refractivity contribution < 1.29 is 1.41 Å². The van der Waals surface area contributed by atoms with Gasteiger partial charge in [-0.2, -0.15) is 0 Å². The van der Waals surface area contributed by atoms with Crippen molar-refractivity contribution in [2.24, 2.45) is 0 Å². The van der Waals surface area contributed by atoms with Gasteiger partial charge in [0.25, 0.3) is 0 Å². The predicted molar refractivity (Wildman–Crippen MR) is 95.2 cm³/mol. The first-order valence-electron chi connectivity index (χ1n) is 8.24. The number of nitrogens with zero attached hydrogens (tertiary/aromatic N) is 1. The van der Waals surface area contributed by atoms with E-state index >= 15 is 0 Å². The third-order valence-corrected chi connectivity index (χ3v) is 4.34. The highest BCUT2D eigenvalue weighted by atomic mass is 35.5. The maximum Gasteiger partial charge on any atom is 0.122 e. The molecule has 1 aliphatic heterocycles. The molecule has 2 aromatic rings. The van der Waals surface area contributed by atoms with Crippen molar-refractivity contribution in [3.05, 3.63) is 59.1 Å². The lowest BCUT2D eigenvalue weighted by atomic mass is 10.1. The average Bonchev–Trinajstić information content (AvgIpc) is 2.58. The van der Waals surface area contributed by atoms with Crippen LogP contribution in [0.2, 0.25) is 6.43 Å². The van der Waals surface area contributed by atoms with Crippen molar-refractivity contribution in [2.45, 2.75) is 6.42 Å². The van der Waals surface area contributed by atoms with Crippen LogP contribution in [0.1, 0.15) is 5.56 Å². The van der Waals surface area contributed by atoms with Gasteiger partial charge in [0.1, 0.15) is 1.41 Å². The lowest BCUT2D eigenvalue weighted by molar-refractivity contribution is 0.589. The quantitative estimate of drug-likeness (QED) is 0.885. The number of halogens is 1. The number of piperazine rings is 1. The summed E-state index contributed by atoms with van der Waals surface area (Å²) in [5.74, 6) is 0. The van der Waals surface area contributed by atoms with Crippen LogP contribution in [-0.4, -0.2) is 32.7 Å². The molecule has 22 heavy (non-hydrogen) atoms. The number of para-hydroxylation sites is 2. The number of anilines is 2. The van der Waals surface area contributed by atoms with Crippen molar-refractivity contribution >= 4 is 23.0 Å². The summed E-state index contributed by atoms with van der Waals surface area (Å²) in [5.41, 5.74) is 3.54. The van der Waals surface area contributed by atoms with Gasteiger partial charge in [0, 0.05) is 37.7 Å². The second-order valence-electron chi connectivity index (χ2n) is 5.44. The molecule has 1 heterocycles. The standard InChI is InChI=1S/C18H22ClN3/c19-16-6-2-1-5-15(16)9-10-21-17-7-3-4-8-18(17)22-13-11-20-12-14-22/h1-8,20-21H,9-14H2/i/hD. The fourth-order valence-electron chi connectivity index (χ4n) is 2.78. The minimum Gasteiger partial charge on any atom is -0.383 e. The Morgan fingerprint density at radius 3 is 2.64 bits per heavy atom. The van der Waals surface area contributed by atoms with E-state index in [9.17, 15) is 0 Å². The molecule has 1 saturated heterocycles. The van der Waals surface area contributed by atoms with Gasteiger partial charge < -0.3 is 15.5 Å². The summed E-state index contributed by atoms with van der Waals surface area (Å²) in [5, 5.41) is 5.99. The molecule has 0 saturated carbocycles. The summed E-state index contributed by atoms with van der Waals surface area (Å²) >= 11 is 6.21. The maximum absolute atomic E-state index is 7.68. The van der Waals surface area contributed by atoms with Crippen molar-refractivity contribution in [1.29, 1.82) is 0 Å². The van der Waals surface area contributed by atoms with E-state index in [2.05, 4.69) is 40.5 Å². The highest BCUT2D eigenvalue weighted by molar-refractivity contribution is 6.31. The summed E-state index contributed by atoms with van der Waals surface area (Å²) in [6, 6.07) is 16.4. The van der Waals surface area contributed by atoms with E-state index in [-0.39, 0.29) is 0 Å². The minimum absolute atomic E-state index is 0.786. The molecule has 3 rings (SSSR count). The van der Waals surface area contributed by atoms with Gasteiger partial charge in [0.15, 0.2) is 0 Å². The molecule has 4 heteroatoms. The van der Waals surface area contributed by atoms with Crippen molar-refractivity contribution in [3.63, 3.8) is 0 Å². The van der Waals surface area contributed by atoms with Crippen LogP contribution in [0.4, 0.5) is 11.4 Å². The van der Waals surface area contributed by atoms with Crippen LogP contribution in [0.25, 0.3) is 0 Å². The van der Waals surface area contributed by atoms with E-state index in [0.717, 1.165) is 49.9 Å². The molecule has 2 N–H and O–H groups in total. The van der Waals surface area contributed by atoms with E-state index in [4.69, 9.17) is 13.0 Å². The van der Waals surface area contributed by atoms with Crippen LogP contribution < -0.4 is 15.5 Å². The minimum atomic E-state index is 0.786. The molecule has 0 aliphatic carbocycles. The molecule has 0 unspecified atom stereocenters. The molecule has 3 nitrogen and oxygen atoms in total. The Bertz CT molecular complexity index is 642. The Labute approximate surface area is 138 Å². The SMILES string of the molecule is [2H]N1CCN(c2ccccc2NCCc2ccccc2Cl)CC1. The van der Waals surface area contributed by atoms with Crippen LogP contribution in [0.3, 0.4) is 0 Å². The fourth-order valence-corrected chi connectivity index (χ4v) is 3.01. The van der Waals surface area contributed by atoms with Gasteiger partial charge in [-0.05, 0) is 30.2 Å². The van der Waals surface area contributed by atoms with E-state index in [1.807, 2.05) is 18.2 Å². The number of nitrogens with one attached hydrogen (secondary N) is 2. The highest BCUT2D eigenvalue weighted by Crippen LogP contribution is 2.26. The fraction of sp³-hybridized carbons (Fsp3) is 0.333. The molecule has 0 atom stereocenters. The zero-order chi connectivity index (χ0) is 16.1. The second-order valence-corrected chi connectivity index (χ2v) is 5.85. The first-order valence-corrected chi connectivity index (χ1v) is 8.17. The molecule has 1 fully saturated rings. The molecule has 0 spiro atoms. The average molecular weight is 317 g/mol. The molecule has 116 valence electrons. The van der Waals surface area contributed by atoms with Crippen molar-refractivity contribution in [1.82, 2.24) is 5.31 Å². The summed E-state index contributed by atoms with van der Waals surface area (Å²) < 4.78 is 7.68. The van der Waals surface area contributed by atoms with Gasteiger partial charge in [-0.25, -0.2) is 0 Å². The first kappa shape index (κ1) is 13.9. The lowest BCUT2D eigenvalue weighted by Gasteiger charge is -2.31. The van der Waals surface area contributed by atoms with E-state index in [1.54, 1.807) is 5.31 Å². The van der Waals surface area contributed by atoms with Gasteiger partial charge in [0.05, 0.1) is 11.4 Å². The molecule has 0 amide bonds. The third-order valence-electron chi connectivity index (χ3n) is 3.97. The monoisotopic (exact) mass is 316 g/mol. The number of rotatable bonds is 5. The zero-order valence-electron chi connectivity index (χ0n) is 13.6. The smallest absolute Gasteiger partial charge is 0.122 e. The topological polar surface area (TPSA) is 27.3 Å². The first-order chi connectivity index (χ1) is 11.2. The Morgan fingerprint density at radius 2 is 1.82 bits per heavy atom. The van der Waals surface area contributed by atoms with E-state index in [0.29, 0.717) is 0 Å². The molecule has 0 aromatic heterocycles. The Balaban J connectivity index is 1.63. The molecular formula is C18H22ClN3. The normalized spacial score (nSPS) is 16.4. The van der Waals surface area contributed by atoms with Crippen LogP contribution in [0, 0.1) is 0 Å². The van der Waals surface area contributed by atoms with Crippen LogP contribution in [0.5, 0.6) is 0 Å². The van der Waals surface area contributed by atoms with Gasteiger partial charge >= 0.3 is 0 Å².